The summed E-state index contributed by atoms with van der Waals surface area (Å²) in [5.74, 6) is 0.908. The molecular weight excluding hydrogens is 238 g/mol. The molecule has 3 nitrogen and oxygen atoms in total. The Morgan fingerprint density at radius 1 is 1.37 bits per heavy atom. The molecule has 0 aromatic heterocycles. The topological polar surface area (TPSA) is 42.2 Å². The number of ether oxygens (including phenoxy) is 2. The molecule has 0 saturated heterocycles. The minimum atomic E-state index is -0.459. The van der Waals surface area contributed by atoms with Gasteiger partial charge < -0.3 is 9.47 Å². The molecule has 1 aliphatic rings. The Hall–Kier alpha value is -1.53. The average Bonchev–Trinajstić information content (AvgIpc) is 2.37. The summed E-state index contributed by atoms with van der Waals surface area (Å²) in [4.78, 5) is 0. The molecule has 0 fully saturated rings. The van der Waals surface area contributed by atoms with Gasteiger partial charge in [0.1, 0.15) is 12.4 Å². The third kappa shape index (κ3) is 3.48. The normalized spacial score (nSPS) is 22.2. The molecule has 1 aliphatic heterocycles. The van der Waals surface area contributed by atoms with Gasteiger partial charge in [-0.1, -0.05) is 18.2 Å². The number of nitrogens with zero attached hydrogens (tertiary/aromatic N) is 1. The predicted molar refractivity (Wildman–Crippen MR) is 74.0 cm³/mol. The molecule has 0 amide bonds. The molecule has 1 unspecified atom stereocenters. The van der Waals surface area contributed by atoms with Gasteiger partial charge in [-0.3, -0.25) is 0 Å². The first-order valence-electron chi connectivity index (χ1n) is 6.70. The van der Waals surface area contributed by atoms with E-state index in [4.69, 9.17) is 9.47 Å². The Bertz CT molecular complexity index is 484. The van der Waals surface area contributed by atoms with Gasteiger partial charge in [0.15, 0.2) is 0 Å². The van der Waals surface area contributed by atoms with Crippen molar-refractivity contribution in [3.8, 4) is 11.8 Å². The van der Waals surface area contributed by atoms with E-state index in [9.17, 15) is 5.26 Å². The van der Waals surface area contributed by atoms with Crippen molar-refractivity contribution in [1.82, 2.24) is 0 Å². The van der Waals surface area contributed by atoms with Gasteiger partial charge in [-0.25, -0.2) is 0 Å². The first kappa shape index (κ1) is 13.9. The van der Waals surface area contributed by atoms with Gasteiger partial charge in [0.25, 0.3) is 0 Å². The summed E-state index contributed by atoms with van der Waals surface area (Å²) in [6.45, 7) is 7.12. The second kappa shape index (κ2) is 5.22. The van der Waals surface area contributed by atoms with E-state index >= 15 is 0 Å². The molecule has 19 heavy (non-hydrogen) atoms. The van der Waals surface area contributed by atoms with Crippen LogP contribution in [0.15, 0.2) is 24.3 Å². The van der Waals surface area contributed by atoms with Gasteiger partial charge in [0.05, 0.1) is 17.1 Å². The summed E-state index contributed by atoms with van der Waals surface area (Å²) in [7, 11) is 0. The molecule has 2 rings (SSSR count). The van der Waals surface area contributed by atoms with Crippen LogP contribution in [0, 0.1) is 16.7 Å². The first-order chi connectivity index (χ1) is 8.94. The molecular formula is C16H21NO2. The lowest BCUT2D eigenvalue weighted by Gasteiger charge is -2.33. The van der Waals surface area contributed by atoms with Gasteiger partial charge in [-0.15, -0.1) is 0 Å². The van der Waals surface area contributed by atoms with Crippen molar-refractivity contribution in [2.24, 2.45) is 5.41 Å². The lowest BCUT2D eigenvalue weighted by atomic mass is 9.79. The van der Waals surface area contributed by atoms with Crippen LogP contribution in [0.25, 0.3) is 0 Å². The maximum Gasteiger partial charge on any atom is 0.122 e. The summed E-state index contributed by atoms with van der Waals surface area (Å²) in [5.41, 5.74) is 0.495. The average molecular weight is 259 g/mol. The Balaban J connectivity index is 2.04. The Labute approximate surface area is 115 Å². The van der Waals surface area contributed by atoms with Crippen LogP contribution in [0.1, 0.15) is 32.8 Å². The van der Waals surface area contributed by atoms with Crippen LogP contribution in [0.4, 0.5) is 0 Å². The zero-order valence-corrected chi connectivity index (χ0v) is 11.9. The fourth-order valence-corrected chi connectivity index (χ4v) is 2.26. The molecule has 1 aromatic carbocycles. The minimum absolute atomic E-state index is 0.163. The van der Waals surface area contributed by atoms with Crippen LogP contribution in [-0.4, -0.2) is 18.8 Å². The van der Waals surface area contributed by atoms with E-state index < -0.39 is 5.41 Å². The summed E-state index contributed by atoms with van der Waals surface area (Å²) < 4.78 is 11.5. The van der Waals surface area contributed by atoms with Gasteiger partial charge in [0.2, 0.25) is 0 Å². The van der Waals surface area contributed by atoms with Crippen molar-refractivity contribution >= 4 is 0 Å². The molecule has 0 bridgehead atoms. The van der Waals surface area contributed by atoms with E-state index in [1.165, 1.54) is 0 Å². The SMILES string of the molecule is CC(C)(C)OCCC1(C#N)COc2ccccc2C1. The van der Waals surface area contributed by atoms with Crippen LogP contribution in [0.3, 0.4) is 0 Å². The summed E-state index contributed by atoms with van der Waals surface area (Å²) in [6.07, 6.45) is 1.45. The Kier molecular flexibility index (Phi) is 3.82. The molecule has 0 aliphatic carbocycles. The van der Waals surface area contributed by atoms with Gasteiger partial charge in [-0.05, 0) is 45.2 Å². The van der Waals surface area contributed by atoms with Gasteiger partial charge in [0, 0.05) is 6.61 Å². The van der Waals surface area contributed by atoms with E-state index in [1.54, 1.807) is 0 Å². The van der Waals surface area contributed by atoms with Crippen molar-refractivity contribution in [2.45, 2.75) is 39.2 Å². The van der Waals surface area contributed by atoms with Crippen LogP contribution in [0.5, 0.6) is 5.75 Å². The number of hydrogen-bond acceptors (Lipinski definition) is 3. The highest BCUT2D eigenvalue weighted by molar-refractivity contribution is 5.37. The standard InChI is InChI=1S/C16H21NO2/c1-15(2,3)19-9-8-16(11-17)10-13-6-4-5-7-14(13)18-12-16/h4-7H,8-10,12H2,1-3H3. The van der Waals surface area contributed by atoms with Crippen molar-refractivity contribution in [2.75, 3.05) is 13.2 Å². The van der Waals surface area contributed by atoms with Crippen molar-refractivity contribution in [3.63, 3.8) is 0 Å². The number of fused-ring (bicyclic) bond motifs is 1. The van der Waals surface area contributed by atoms with E-state index in [2.05, 4.69) is 6.07 Å². The third-order valence-electron chi connectivity index (χ3n) is 3.36. The van der Waals surface area contributed by atoms with E-state index in [-0.39, 0.29) is 5.60 Å². The quantitative estimate of drug-likeness (QED) is 0.836. The van der Waals surface area contributed by atoms with Gasteiger partial charge >= 0.3 is 0 Å². The smallest absolute Gasteiger partial charge is 0.122 e. The van der Waals surface area contributed by atoms with Crippen LogP contribution in [-0.2, 0) is 11.2 Å². The number of para-hydroxylation sites is 1. The second-order valence-electron chi connectivity index (χ2n) is 6.18. The molecule has 0 radical (unpaired) electrons. The predicted octanol–water partition coefficient (Wildman–Crippen LogP) is 3.34. The van der Waals surface area contributed by atoms with Crippen LogP contribution < -0.4 is 4.74 Å². The highest BCUT2D eigenvalue weighted by Gasteiger charge is 2.36. The molecule has 1 heterocycles. The maximum absolute atomic E-state index is 9.51. The highest BCUT2D eigenvalue weighted by Crippen LogP contribution is 2.36. The Morgan fingerprint density at radius 2 is 2.11 bits per heavy atom. The number of rotatable bonds is 3. The third-order valence-corrected chi connectivity index (χ3v) is 3.36. The Morgan fingerprint density at radius 3 is 2.79 bits per heavy atom. The molecule has 3 heteroatoms. The van der Waals surface area contributed by atoms with Crippen molar-refractivity contribution < 1.29 is 9.47 Å². The fraction of sp³-hybridized carbons (Fsp3) is 0.562. The van der Waals surface area contributed by atoms with Gasteiger partial charge in [-0.2, -0.15) is 5.26 Å². The first-order valence-corrected chi connectivity index (χ1v) is 6.70. The molecule has 1 atom stereocenters. The van der Waals surface area contributed by atoms with Crippen molar-refractivity contribution in [3.05, 3.63) is 29.8 Å². The van der Waals surface area contributed by atoms with E-state index in [0.717, 1.165) is 17.7 Å². The number of benzene rings is 1. The van der Waals surface area contributed by atoms with Crippen LogP contribution >= 0.6 is 0 Å². The lowest BCUT2D eigenvalue weighted by molar-refractivity contribution is -0.0191. The molecule has 0 spiro atoms. The summed E-state index contributed by atoms with van der Waals surface area (Å²) in [5, 5.41) is 9.51. The fourth-order valence-electron chi connectivity index (χ4n) is 2.26. The number of nitriles is 1. The summed E-state index contributed by atoms with van der Waals surface area (Å²) >= 11 is 0. The maximum atomic E-state index is 9.51. The molecule has 0 saturated carbocycles. The van der Waals surface area contributed by atoms with E-state index in [1.807, 2.05) is 45.0 Å². The van der Waals surface area contributed by atoms with Crippen molar-refractivity contribution in [1.29, 1.82) is 5.26 Å². The molecule has 102 valence electrons. The molecule has 1 aromatic rings. The zero-order valence-electron chi connectivity index (χ0n) is 11.9. The second-order valence-corrected chi connectivity index (χ2v) is 6.18. The largest absolute Gasteiger partial charge is 0.492 e. The highest BCUT2D eigenvalue weighted by atomic mass is 16.5. The monoisotopic (exact) mass is 259 g/mol. The summed E-state index contributed by atoms with van der Waals surface area (Å²) in [6, 6.07) is 10.4. The van der Waals surface area contributed by atoms with E-state index in [0.29, 0.717) is 19.6 Å². The number of hydrogen-bond donors (Lipinski definition) is 0. The lowest BCUT2D eigenvalue weighted by Crippen LogP contribution is -2.35. The zero-order chi connectivity index (χ0) is 13.9. The minimum Gasteiger partial charge on any atom is -0.492 e. The van der Waals surface area contributed by atoms with Crippen LogP contribution in [0.2, 0.25) is 0 Å². The molecule has 0 N–H and O–H groups in total.